The summed E-state index contributed by atoms with van der Waals surface area (Å²) in [6.07, 6.45) is 14.6. The first-order valence-corrected chi connectivity index (χ1v) is 18.9. The molecule has 0 unspecified atom stereocenters. The van der Waals surface area contributed by atoms with Crippen LogP contribution in [-0.2, 0) is 0 Å². The molecule has 0 N–H and O–H groups in total. The molecule has 8 heterocycles. The standard InChI is InChI=1S/C48H28N10/c1-5-31-21-35(25-53-45(31)49-17-1)57(36-22-32-6-2-18-50-46(32)54-26-36)41-15-11-29-10-14-40-42(16-12-30-9-13-39(41)43(29)44(30)40)58(37-23-33-7-3-19-51-47(33)55-27-37)38-24-34-8-4-20-52-48(34)56-28-38/h1-28H. The van der Waals surface area contributed by atoms with Crippen LogP contribution in [0.25, 0.3) is 76.5 Å². The fraction of sp³-hybridized carbons (Fsp3) is 0. The molecule has 0 saturated carbocycles. The molecule has 0 fully saturated rings. The molecule has 0 aliphatic heterocycles. The van der Waals surface area contributed by atoms with Crippen LogP contribution >= 0.6 is 0 Å². The van der Waals surface area contributed by atoms with Gasteiger partial charge in [0.05, 0.1) is 58.9 Å². The van der Waals surface area contributed by atoms with Gasteiger partial charge in [-0.2, -0.15) is 0 Å². The fourth-order valence-corrected chi connectivity index (χ4v) is 8.32. The molecule has 0 aliphatic carbocycles. The highest BCUT2D eigenvalue weighted by Crippen LogP contribution is 2.48. The third-order valence-corrected chi connectivity index (χ3v) is 10.9. The third-order valence-electron chi connectivity index (χ3n) is 10.9. The molecular weight excluding hydrogens is 717 g/mol. The summed E-state index contributed by atoms with van der Waals surface area (Å²) < 4.78 is 0. The summed E-state index contributed by atoms with van der Waals surface area (Å²) in [7, 11) is 0. The second-order valence-electron chi connectivity index (χ2n) is 14.2. The number of pyridine rings is 8. The quantitative estimate of drug-likeness (QED) is 0.153. The van der Waals surface area contributed by atoms with E-state index >= 15 is 0 Å². The molecule has 0 amide bonds. The van der Waals surface area contributed by atoms with E-state index in [2.05, 4.69) is 103 Å². The van der Waals surface area contributed by atoms with Crippen molar-refractivity contribution in [2.45, 2.75) is 0 Å². The largest absolute Gasteiger partial charge is 0.307 e. The Bertz CT molecular complexity index is 3180. The summed E-state index contributed by atoms with van der Waals surface area (Å²) in [6, 6.07) is 42.2. The van der Waals surface area contributed by atoms with Crippen LogP contribution in [0.3, 0.4) is 0 Å². The minimum atomic E-state index is 0.690. The molecule has 0 atom stereocenters. The number of fused-ring (bicyclic) bond motifs is 4. The minimum Gasteiger partial charge on any atom is -0.307 e. The topological polar surface area (TPSA) is 110 Å². The van der Waals surface area contributed by atoms with Gasteiger partial charge in [-0.15, -0.1) is 0 Å². The summed E-state index contributed by atoms with van der Waals surface area (Å²) in [4.78, 5) is 41.7. The second-order valence-corrected chi connectivity index (χ2v) is 14.2. The second kappa shape index (κ2) is 12.7. The van der Waals surface area contributed by atoms with Crippen molar-refractivity contribution in [1.29, 1.82) is 0 Å². The first-order chi connectivity index (χ1) is 28.7. The van der Waals surface area contributed by atoms with Crippen molar-refractivity contribution < 1.29 is 0 Å². The van der Waals surface area contributed by atoms with E-state index < -0.39 is 0 Å². The predicted octanol–water partition coefficient (Wildman–Crippen LogP) is 11.3. The average Bonchev–Trinajstić information content (AvgIpc) is 3.29. The maximum absolute atomic E-state index is 4.79. The van der Waals surface area contributed by atoms with Crippen molar-refractivity contribution in [3.63, 3.8) is 0 Å². The number of rotatable bonds is 6. The van der Waals surface area contributed by atoms with Gasteiger partial charge in [-0.25, -0.2) is 39.9 Å². The highest BCUT2D eigenvalue weighted by molar-refractivity contribution is 6.28. The number of hydrogen-bond donors (Lipinski definition) is 0. The van der Waals surface area contributed by atoms with Crippen LogP contribution in [0.5, 0.6) is 0 Å². The zero-order valence-corrected chi connectivity index (χ0v) is 30.6. The molecule has 10 nitrogen and oxygen atoms in total. The highest BCUT2D eigenvalue weighted by Gasteiger charge is 2.23. The van der Waals surface area contributed by atoms with Gasteiger partial charge in [-0.1, -0.05) is 36.4 Å². The molecule has 0 bridgehead atoms. The maximum atomic E-state index is 4.79. The Morgan fingerprint density at radius 2 is 0.603 bits per heavy atom. The summed E-state index contributed by atoms with van der Waals surface area (Å²) in [5.74, 6) is 0. The van der Waals surface area contributed by atoms with E-state index in [1.807, 2.05) is 73.3 Å². The number of benzene rings is 4. The first-order valence-electron chi connectivity index (χ1n) is 18.9. The SMILES string of the molecule is c1cnc2ncc(N(c3cnc4ncccc4c3)c3ccc4ccc5c(N(c6cnc7ncccc7c6)c6cnc7ncccc7c6)ccc6ccc3c4c65)cc2c1. The molecule has 10 heteroatoms. The molecular formula is C48H28N10. The minimum absolute atomic E-state index is 0.690. The molecule has 0 saturated heterocycles. The van der Waals surface area contributed by atoms with Crippen molar-refractivity contribution in [2.24, 2.45) is 0 Å². The van der Waals surface area contributed by atoms with Crippen LogP contribution in [0.4, 0.5) is 34.1 Å². The van der Waals surface area contributed by atoms with Gasteiger partial charge in [-0.05, 0) is 106 Å². The Balaban J connectivity index is 1.12. The number of aromatic nitrogens is 8. The Labute approximate surface area is 330 Å². The molecule has 12 aromatic rings. The molecule has 0 spiro atoms. The lowest BCUT2D eigenvalue weighted by molar-refractivity contribution is 1.21. The normalized spacial score (nSPS) is 11.8. The summed E-state index contributed by atoms with van der Waals surface area (Å²) in [5.41, 5.74) is 8.32. The molecule has 270 valence electrons. The summed E-state index contributed by atoms with van der Waals surface area (Å²) in [5, 5.41) is 10.6. The zero-order chi connectivity index (χ0) is 38.2. The lowest BCUT2D eigenvalue weighted by atomic mass is 9.91. The molecule has 12 rings (SSSR count). The van der Waals surface area contributed by atoms with Crippen LogP contribution < -0.4 is 9.80 Å². The van der Waals surface area contributed by atoms with Crippen molar-refractivity contribution in [1.82, 2.24) is 39.9 Å². The van der Waals surface area contributed by atoms with Crippen molar-refractivity contribution >= 4 is 111 Å². The fourth-order valence-electron chi connectivity index (χ4n) is 8.32. The van der Waals surface area contributed by atoms with Crippen LogP contribution in [-0.4, -0.2) is 39.9 Å². The predicted molar refractivity (Wildman–Crippen MR) is 232 cm³/mol. The molecule has 0 radical (unpaired) electrons. The maximum Gasteiger partial charge on any atom is 0.159 e. The highest BCUT2D eigenvalue weighted by atomic mass is 15.2. The molecule has 4 aromatic carbocycles. The number of hydrogen-bond acceptors (Lipinski definition) is 10. The number of anilines is 6. The lowest BCUT2D eigenvalue weighted by Gasteiger charge is -2.29. The van der Waals surface area contributed by atoms with Gasteiger partial charge in [0, 0.05) is 57.1 Å². The van der Waals surface area contributed by atoms with Crippen LogP contribution in [0.1, 0.15) is 0 Å². The Hall–Kier alpha value is -8.24. The smallest absolute Gasteiger partial charge is 0.159 e. The van der Waals surface area contributed by atoms with E-state index in [1.165, 1.54) is 0 Å². The van der Waals surface area contributed by atoms with Crippen molar-refractivity contribution in [3.05, 3.63) is 171 Å². The molecule has 58 heavy (non-hydrogen) atoms. The lowest BCUT2D eigenvalue weighted by Crippen LogP contribution is -2.12. The van der Waals surface area contributed by atoms with E-state index in [0.29, 0.717) is 22.6 Å². The Morgan fingerprint density at radius 1 is 0.293 bits per heavy atom. The van der Waals surface area contributed by atoms with E-state index in [4.69, 9.17) is 19.9 Å². The van der Waals surface area contributed by atoms with Crippen molar-refractivity contribution in [3.8, 4) is 0 Å². The molecule has 0 aliphatic rings. The Kier molecular flexibility index (Phi) is 6.99. The van der Waals surface area contributed by atoms with Gasteiger partial charge in [0.25, 0.3) is 0 Å². The van der Waals surface area contributed by atoms with E-state index in [-0.39, 0.29) is 0 Å². The van der Waals surface area contributed by atoms with Crippen LogP contribution in [0.2, 0.25) is 0 Å². The van der Waals surface area contributed by atoms with Gasteiger partial charge in [-0.3, -0.25) is 0 Å². The van der Waals surface area contributed by atoms with E-state index in [0.717, 1.165) is 88.0 Å². The molecule has 8 aromatic heterocycles. The van der Waals surface area contributed by atoms with Crippen LogP contribution in [0.15, 0.2) is 171 Å². The average molecular weight is 745 g/mol. The zero-order valence-electron chi connectivity index (χ0n) is 30.6. The van der Waals surface area contributed by atoms with Gasteiger partial charge in [0.15, 0.2) is 22.6 Å². The third kappa shape index (κ3) is 5.05. The van der Waals surface area contributed by atoms with E-state index in [1.54, 1.807) is 24.8 Å². The monoisotopic (exact) mass is 744 g/mol. The van der Waals surface area contributed by atoms with Gasteiger partial charge < -0.3 is 9.80 Å². The first kappa shape index (κ1) is 32.0. The van der Waals surface area contributed by atoms with Gasteiger partial charge in [0.2, 0.25) is 0 Å². The van der Waals surface area contributed by atoms with E-state index in [9.17, 15) is 0 Å². The number of nitrogens with zero attached hydrogens (tertiary/aromatic N) is 10. The van der Waals surface area contributed by atoms with Gasteiger partial charge >= 0.3 is 0 Å². The summed E-state index contributed by atoms with van der Waals surface area (Å²) in [6.45, 7) is 0. The van der Waals surface area contributed by atoms with Crippen LogP contribution in [0, 0.1) is 0 Å². The summed E-state index contributed by atoms with van der Waals surface area (Å²) >= 11 is 0. The van der Waals surface area contributed by atoms with Crippen molar-refractivity contribution in [2.75, 3.05) is 9.80 Å². The Morgan fingerprint density at radius 3 is 0.931 bits per heavy atom. The van der Waals surface area contributed by atoms with Gasteiger partial charge in [0.1, 0.15) is 0 Å².